The highest BCUT2D eigenvalue weighted by atomic mass is 79.9. The number of nitrogens with zero attached hydrogens (tertiary/aromatic N) is 2. The first kappa shape index (κ1) is 12.2. The minimum Gasteiger partial charge on any atom is -0.303 e. The monoisotopic (exact) mass is 299 g/mol. The predicted octanol–water partition coefficient (Wildman–Crippen LogP) is 1.89. The Morgan fingerprint density at radius 2 is 2.18 bits per heavy atom. The fourth-order valence-electron chi connectivity index (χ4n) is 1.67. The third kappa shape index (κ3) is 2.23. The number of rotatable bonds is 2. The number of aromatic amines is 1. The highest BCUT2D eigenvalue weighted by Crippen LogP contribution is 2.24. The topological polar surface area (TPSA) is 49.0 Å². The summed E-state index contributed by atoms with van der Waals surface area (Å²) in [5, 5.41) is 6.88. The smallest absolute Gasteiger partial charge is 0.272 e. The van der Waals surface area contributed by atoms with Gasteiger partial charge in [-0.05, 0) is 42.2 Å². The third-order valence-electron chi connectivity index (χ3n) is 2.39. The van der Waals surface area contributed by atoms with Gasteiger partial charge in [0.2, 0.25) is 0 Å². The zero-order valence-corrected chi connectivity index (χ0v) is 11.0. The molecule has 0 unspecified atom stereocenters. The Labute approximate surface area is 106 Å². The maximum Gasteiger partial charge on any atom is 0.272 e. The summed E-state index contributed by atoms with van der Waals surface area (Å²) in [7, 11) is 3.71. The van der Waals surface area contributed by atoms with E-state index in [-0.39, 0.29) is 10.9 Å². The summed E-state index contributed by atoms with van der Waals surface area (Å²) in [6, 6.07) is 3.11. The van der Waals surface area contributed by atoms with Crippen molar-refractivity contribution in [2.45, 2.75) is 6.54 Å². The molecule has 2 rings (SSSR count). The number of halogens is 2. The van der Waals surface area contributed by atoms with Crippen molar-refractivity contribution in [3.63, 3.8) is 0 Å². The van der Waals surface area contributed by atoms with Gasteiger partial charge in [0.05, 0.1) is 15.6 Å². The van der Waals surface area contributed by atoms with Crippen LogP contribution in [0, 0.1) is 5.82 Å². The summed E-state index contributed by atoms with van der Waals surface area (Å²) in [5.74, 6) is -0.446. The molecule has 0 aliphatic rings. The van der Waals surface area contributed by atoms with E-state index in [0.717, 1.165) is 0 Å². The summed E-state index contributed by atoms with van der Waals surface area (Å²) in [5.41, 5.74) is 0.136. The van der Waals surface area contributed by atoms with Gasteiger partial charge in [-0.25, -0.2) is 9.49 Å². The van der Waals surface area contributed by atoms with E-state index in [4.69, 9.17) is 0 Å². The maximum atomic E-state index is 14.0. The van der Waals surface area contributed by atoms with Crippen LogP contribution < -0.4 is 5.56 Å². The molecule has 0 fully saturated rings. The molecule has 0 amide bonds. The third-order valence-corrected chi connectivity index (χ3v) is 3.00. The van der Waals surface area contributed by atoms with Crippen molar-refractivity contribution >= 4 is 26.7 Å². The minimum absolute atomic E-state index is 0.275. The molecular weight excluding hydrogens is 289 g/mol. The SMILES string of the molecule is CN(C)Cc1n[nH]c(=O)c2ccc(Br)c(F)c12. The van der Waals surface area contributed by atoms with Gasteiger partial charge in [-0.15, -0.1) is 0 Å². The Morgan fingerprint density at radius 1 is 1.47 bits per heavy atom. The molecule has 0 saturated heterocycles. The van der Waals surface area contributed by atoms with Gasteiger partial charge in [-0.1, -0.05) is 0 Å². The lowest BCUT2D eigenvalue weighted by Crippen LogP contribution is -2.17. The Bertz CT molecular complexity index is 624. The average Bonchev–Trinajstić information content (AvgIpc) is 2.26. The number of hydrogen-bond acceptors (Lipinski definition) is 3. The van der Waals surface area contributed by atoms with E-state index in [1.807, 2.05) is 19.0 Å². The van der Waals surface area contributed by atoms with Gasteiger partial charge in [0.15, 0.2) is 0 Å². The van der Waals surface area contributed by atoms with Crippen LogP contribution in [-0.2, 0) is 6.54 Å². The molecule has 0 spiro atoms. The van der Waals surface area contributed by atoms with E-state index >= 15 is 0 Å². The zero-order chi connectivity index (χ0) is 12.6. The van der Waals surface area contributed by atoms with E-state index in [0.29, 0.717) is 22.1 Å². The van der Waals surface area contributed by atoms with Crippen molar-refractivity contribution in [1.29, 1.82) is 0 Å². The Kier molecular flexibility index (Phi) is 3.26. The van der Waals surface area contributed by atoms with Gasteiger partial charge in [0, 0.05) is 11.9 Å². The van der Waals surface area contributed by atoms with Gasteiger partial charge in [-0.2, -0.15) is 5.10 Å². The molecule has 0 aliphatic carbocycles. The molecule has 1 heterocycles. The Balaban J connectivity index is 2.81. The molecule has 17 heavy (non-hydrogen) atoms. The summed E-state index contributed by atoms with van der Waals surface area (Å²) in [4.78, 5) is 13.4. The van der Waals surface area contributed by atoms with E-state index in [1.165, 1.54) is 6.07 Å². The molecule has 0 radical (unpaired) electrons. The van der Waals surface area contributed by atoms with Crippen LogP contribution in [-0.4, -0.2) is 29.2 Å². The number of H-pyrrole nitrogens is 1. The van der Waals surface area contributed by atoms with Crippen LogP contribution in [0.15, 0.2) is 21.4 Å². The molecule has 0 atom stereocenters. The molecule has 0 saturated carbocycles. The van der Waals surface area contributed by atoms with Crippen molar-refractivity contribution in [3.8, 4) is 0 Å². The van der Waals surface area contributed by atoms with Crippen LogP contribution >= 0.6 is 15.9 Å². The van der Waals surface area contributed by atoms with Gasteiger partial charge in [0.25, 0.3) is 5.56 Å². The molecule has 0 aliphatic heterocycles. The summed E-state index contributed by atoms with van der Waals surface area (Å²) < 4.78 is 14.4. The summed E-state index contributed by atoms with van der Waals surface area (Å²) in [6.45, 7) is 0.459. The maximum absolute atomic E-state index is 14.0. The fraction of sp³-hybridized carbons (Fsp3) is 0.273. The van der Waals surface area contributed by atoms with Crippen LogP contribution in [0.1, 0.15) is 5.69 Å². The minimum atomic E-state index is -0.446. The average molecular weight is 300 g/mol. The molecule has 1 N–H and O–H groups in total. The van der Waals surface area contributed by atoms with Crippen molar-refractivity contribution in [1.82, 2.24) is 15.1 Å². The second-order valence-electron chi connectivity index (χ2n) is 4.02. The fourth-order valence-corrected chi connectivity index (χ4v) is 2.00. The van der Waals surface area contributed by atoms with Crippen LogP contribution in [0.25, 0.3) is 10.8 Å². The van der Waals surface area contributed by atoms with Gasteiger partial charge in [0.1, 0.15) is 5.82 Å². The Morgan fingerprint density at radius 3 is 2.82 bits per heavy atom. The van der Waals surface area contributed by atoms with E-state index in [1.54, 1.807) is 6.07 Å². The first-order valence-electron chi connectivity index (χ1n) is 5.00. The predicted molar refractivity (Wildman–Crippen MR) is 67.4 cm³/mol. The largest absolute Gasteiger partial charge is 0.303 e. The van der Waals surface area contributed by atoms with Gasteiger partial charge < -0.3 is 4.90 Å². The van der Waals surface area contributed by atoms with Crippen molar-refractivity contribution in [2.75, 3.05) is 14.1 Å². The van der Waals surface area contributed by atoms with Crippen molar-refractivity contribution in [3.05, 3.63) is 38.5 Å². The van der Waals surface area contributed by atoms with Crippen molar-refractivity contribution < 1.29 is 4.39 Å². The van der Waals surface area contributed by atoms with Gasteiger partial charge in [-0.3, -0.25) is 4.79 Å². The first-order chi connectivity index (χ1) is 8.00. The van der Waals surface area contributed by atoms with Crippen LogP contribution in [0.4, 0.5) is 4.39 Å². The molecule has 1 aromatic heterocycles. The van der Waals surface area contributed by atoms with Crippen LogP contribution in [0.5, 0.6) is 0 Å². The van der Waals surface area contributed by atoms with Crippen molar-refractivity contribution in [2.24, 2.45) is 0 Å². The van der Waals surface area contributed by atoms with E-state index in [2.05, 4.69) is 26.1 Å². The number of hydrogen-bond donors (Lipinski definition) is 1. The standard InChI is InChI=1S/C11H11BrFN3O/c1-16(2)5-8-9-6(11(17)15-14-8)3-4-7(12)10(9)13/h3-4H,5H2,1-2H3,(H,15,17). The number of benzene rings is 1. The van der Waals surface area contributed by atoms with Gasteiger partial charge >= 0.3 is 0 Å². The van der Waals surface area contributed by atoms with E-state index in [9.17, 15) is 9.18 Å². The highest BCUT2D eigenvalue weighted by Gasteiger charge is 2.14. The second-order valence-corrected chi connectivity index (χ2v) is 4.88. The second kappa shape index (κ2) is 4.54. The molecule has 6 heteroatoms. The molecule has 2 aromatic rings. The lowest BCUT2D eigenvalue weighted by Gasteiger charge is -2.11. The first-order valence-corrected chi connectivity index (χ1v) is 5.80. The normalized spacial score (nSPS) is 11.4. The number of nitrogens with one attached hydrogen (secondary N) is 1. The van der Waals surface area contributed by atoms with Crippen LogP contribution in [0.3, 0.4) is 0 Å². The summed E-state index contributed by atoms with van der Waals surface area (Å²) in [6.07, 6.45) is 0. The zero-order valence-electron chi connectivity index (χ0n) is 9.42. The molecule has 1 aromatic carbocycles. The lowest BCUT2D eigenvalue weighted by atomic mass is 10.1. The van der Waals surface area contributed by atoms with E-state index < -0.39 is 5.82 Å². The molecular formula is C11H11BrFN3O. The molecule has 90 valence electrons. The highest BCUT2D eigenvalue weighted by molar-refractivity contribution is 9.10. The number of fused-ring (bicyclic) bond motifs is 1. The lowest BCUT2D eigenvalue weighted by molar-refractivity contribution is 0.396. The summed E-state index contributed by atoms with van der Waals surface area (Å²) >= 11 is 3.11. The quantitative estimate of drug-likeness (QED) is 0.921. The molecule has 0 bridgehead atoms. The number of aromatic nitrogens is 2. The van der Waals surface area contributed by atoms with Crippen LogP contribution in [0.2, 0.25) is 0 Å². The molecule has 4 nitrogen and oxygen atoms in total. The Hall–Kier alpha value is -1.27.